The van der Waals surface area contributed by atoms with E-state index in [4.69, 9.17) is 9.47 Å². The first kappa shape index (κ1) is 23.1. The van der Waals surface area contributed by atoms with Crippen LogP contribution < -0.4 is 14.8 Å². The zero-order chi connectivity index (χ0) is 24.1. The zero-order valence-electron chi connectivity index (χ0n) is 19.9. The molecule has 0 fully saturated rings. The molecule has 2 aromatic heterocycles. The van der Waals surface area contributed by atoms with Crippen LogP contribution >= 0.6 is 0 Å². The number of anilines is 2. The molecule has 0 bridgehead atoms. The highest BCUT2D eigenvalue weighted by Gasteiger charge is 2.16. The second kappa shape index (κ2) is 10.2. The van der Waals surface area contributed by atoms with E-state index in [1.165, 1.54) is 0 Å². The third-order valence-electron chi connectivity index (χ3n) is 5.59. The smallest absolute Gasteiger partial charge is 0.130 e. The maximum atomic E-state index is 9.77. The molecule has 0 amide bonds. The molecule has 0 radical (unpaired) electrons. The van der Waals surface area contributed by atoms with Gasteiger partial charge in [0.25, 0.3) is 0 Å². The second-order valence-corrected chi connectivity index (χ2v) is 8.37. The van der Waals surface area contributed by atoms with Gasteiger partial charge in [-0.1, -0.05) is 19.9 Å². The number of rotatable bonds is 8. The molecule has 2 aromatic carbocycles. The predicted octanol–water partition coefficient (Wildman–Crippen LogP) is 6.65. The highest BCUT2D eigenvalue weighted by molar-refractivity contribution is 5.97. The summed E-state index contributed by atoms with van der Waals surface area (Å²) in [5, 5.41) is 14.1. The Morgan fingerprint density at radius 2 is 1.88 bits per heavy atom. The Kier molecular flexibility index (Phi) is 6.93. The predicted molar refractivity (Wildman–Crippen MR) is 135 cm³/mol. The van der Waals surface area contributed by atoms with Crippen molar-refractivity contribution in [2.45, 2.75) is 40.2 Å². The van der Waals surface area contributed by atoms with Crippen LogP contribution in [0.15, 0.2) is 60.9 Å². The Labute approximate surface area is 200 Å². The monoisotopic (exact) mass is 452 g/mol. The molecule has 0 atom stereocenters. The molecule has 0 aliphatic heterocycles. The van der Waals surface area contributed by atoms with E-state index < -0.39 is 0 Å². The van der Waals surface area contributed by atoms with Crippen molar-refractivity contribution in [2.24, 2.45) is 0 Å². The Balaban J connectivity index is 1.67. The summed E-state index contributed by atoms with van der Waals surface area (Å²) in [4.78, 5) is 8.81. The highest BCUT2D eigenvalue weighted by Crippen LogP contribution is 2.36. The number of nitrogens with zero attached hydrogens (tertiary/aromatic N) is 3. The average Bonchev–Trinajstić information content (AvgIpc) is 2.84. The van der Waals surface area contributed by atoms with Gasteiger partial charge < -0.3 is 14.8 Å². The second-order valence-electron chi connectivity index (χ2n) is 8.37. The summed E-state index contributed by atoms with van der Waals surface area (Å²) in [5.41, 5.74) is 5.81. The van der Waals surface area contributed by atoms with Crippen LogP contribution in [0.5, 0.6) is 11.5 Å². The van der Waals surface area contributed by atoms with E-state index in [2.05, 4.69) is 41.3 Å². The van der Waals surface area contributed by atoms with Crippen LogP contribution in [0.3, 0.4) is 0 Å². The minimum Gasteiger partial charge on any atom is -0.494 e. The lowest BCUT2D eigenvalue weighted by Crippen LogP contribution is -2.02. The van der Waals surface area contributed by atoms with Crippen molar-refractivity contribution < 1.29 is 9.47 Å². The number of hydrogen-bond acceptors (Lipinski definition) is 6. The summed E-state index contributed by atoms with van der Waals surface area (Å²) < 4.78 is 11.8. The normalized spacial score (nSPS) is 10.8. The average molecular weight is 453 g/mol. The summed E-state index contributed by atoms with van der Waals surface area (Å²) in [6.45, 7) is 9.22. The summed E-state index contributed by atoms with van der Waals surface area (Å²) in [6, 6.07) is 18.0. The van der Waals surface area contributed by atoms with Crippen LogP contribution in [0.4, 0.5) is 11.4 Å². The third-order valence-corrected chi connectivity index (χ3v) is 5.59. The van der Waals surface area contributed by atoms with E-state index in [9.17, 15) is 5.26 Å². The van der Waals surface area contributed by atoms with E-state index in [1.54, 1.807) is 12.4 Å². The first-order valence-corrected chi connectivity index (χ1v) is 11.4. The Morgan fingerprint density at radius 1 is 1.03 bits per heavy atom. The maximum Gasteiger partial charge on any atom is 0.130 e. The molecular weight excluding hydrogens is 424 g/mol. The largest absolute Gasteiger partial charge is 0.494 e. The molecule has 6 nitrogen and oxygen atoms in total. The minimum atomic E-state index is 0.266. The van der Waals surface area contributed by atoms with Gasteiger partial charge >= 0.3 is 0 Å². The molecule has 0 saturated heterocycles. The number of nitrogens with one attached hydrogen (secondary N) is 1. The number of hydrogen-bond donors (Lipinski definition) is 1. The quantitative estimate of drug-likeness (QED) is 0.322. The lowest BCUT2D eigenvalue weighted by atomic mass is 9.98. The van der Waals surface area contributed by atoms with Crippen molar-refractivity contribution in [3.8, 4) is 17.6 Å². The van der Waals surface area contributed by atoms with Gasteiger partial charge in [0.05, 0.1) is 29.1 Å². The summed E-state index contributed by atoms with van der Waals surface area (Å²) in [6.07, 6.45) is 3.36. The third kappa shape index (κ3) is 4.94. The van der Waals surface area contributed by atoms with Gasteiger partial charge in [-0.2, -0.15) is 5.26 Å². The highest BCUT2D eigenvalue weighted by atomic mass is 16.5. The van der Waals surface area contributed by atoms with E-state index in [-0.39, 0.29) is 5.92 Å². The van der Waals surface area contributed by atoms with E-state index in [1.807, 2.05) is 56.3 Å². The molecule has 0 unspecified atom stereocenters. The molecule has 0 spiro atoms. The van der Waals surface area contributed by atoms with Crippen LogP contribution in [-0.4, -0.2) is 16.6 Å². The molecule has 1 N–H and O–H groups in total. The van der Waals surface area contributed by atoms with Crippen molar-refractivity contribution >= 4 is 22.3 Å². The Bertz CT molecular complexity index is 1340. The molecule has 0 aliphatic rings. The molecule has 2 heterocycles. The minimum absolute atomic E-state index is 0.266. The van der Waals surface area contributed by atoms with Crippen LogP contribution in [0.2, 0.25) is 0 Å². The Hall–Kier alpha value is -4.11. The molecule has 4 aromatic rings. The molecule has 4 rings (SSSR count). The first-order chi connectivity index (χ1) is 16.5. The number of benzene rings is 2. The number of aromatic nitrogens is 2. The van der Waals surface area contributed by atoms with Gasteiger partial charge in [-0.15, -0.1) is 0 Å². The molecule has 6 heteroatoms. The van der Waals surface area contributed by atoms with Crippen molar-refractivity contribution in [2.75, 3.05) is 11.9 Å². The number of ether oxygens (including phenoxy) is 2. The number of pyridine rings is 2. The van der Waals surface area contributed by atoms with Crippen LogP contribution in [0.25, 0.3) is 10.9 Å². The van der Waals surface area contributed by atoms with Crippen molar-refractivity contribution in [1.29, 1.82) is 5.26 Å². The molecule has 0 saturated carbocycles. The fourth-order valence-electron chi connectivity index (χ4n) is 3.86. The topological polar surface area (TPSA) is 80.1 Å². The van der Waals surface area contributed by atoms with Gasteiger partial charge in [-0.3, -0.25) is 9.97 Å². The summed E-state index contributed by atoms with van der Waals surface area (Å²) in [5.74, 6) is 1.89. The fourth-order valence-corrected chi connectivity index (χ4v) is 3.86. The van der Waals surface area contributed by atoms with Gasteiger partial charge in [0.15, 0.2) is 0 Å². The van der Waals surface area contributed by atoms with Gasteiger partial charge in [0.1, 0.15) is 24.2 Å². The summed E-state index contributed by atoms with van der Waals surface area (Å²) in [7, 11) is 0. The number of nitriles is 1. The van der Waals surface area contributed by atoms with Gasteiger partial charge in [0, 0.05) is 29.5 Å². The van der Waals surface area contributed by atoms with E-state index >= 15 is 0 Å². The maximum absolute atomic E-state index is 9.77. The Morgan fingerprint density at radius 3 is 2.56 bits per heavy atom. The van der Waals surface area contributed by atoms with Gasteiger partial charge in [-0.25, -0.2) is 0 Å². The molecule has 0 aliphatic carbocycles. The lowest BCUT2D eigenvalue weighted by Gasteiger charge is -2.18. The molecule has 172 valence electrons. The fraction of sp³-hybridized carbons (Fsp3) is 0.250. The van der Waals surface area contributed by atoms with Crippen LogP contribution in [0.1, 0.15) is 49.1 Å². The first-order valence-electron chi connectivity index (χ1n) is 11.4. The van der Waals surface area contributed by atoms with E-state index in [0.717, 1.165) is 50.6 Å². The molecular formula is C28H28N4O2. The lowest BCUT2D eigenvalue weighted by molar-refractivity contribution is 0.299. The van der Waals surface area contributed by atoms with Crippen LogP contribution in [0, 0.1) is 18.3 Å². The van der Waals surface area contributed by atoms with E-state index in [0.29, 0.717) is 18.8 Å². The number of fused-ring (bicyclic) bond motifs is 1. The summed E-state index contributed by atoms with van der Waals surface area (Å²) >= 11 is 0. The number of aryl methyl sites for hydroxylation is 1. The standard InChI is InChI=1S/C28H28N4O2/c1-5-33-27-14-25-24(13-23(27)18(2)3)28(20(15-29)16-31-25)32-21-9-10-26(19(4)12-21)34-17-22-8-6-7-11-30-22/h6-14,16,18H,5,17H2,1-4H3,(H,31,32). The SMILES string of the molecule is CCOc1cc2ncc(C#N)c(Nc3ccc(OCc4ccccn4)c(C)c3)c2cc1C(C)C. The van der Waals surface area contributed by atoms with Gasteiger partial charge in [0.2, 0.25) is 0 Å². The zero-order valence-corrected chi connectivity index (χ0v) is 19.9. The van der Waals surface area contributed by atoms with Crippen molar-refractivity contribution in [3.63, 3.8) is 0 Å². The van der Waals surface area contributed by atoms with Gasteiger partial charge in [-0.05, 0) is 67.3 Å². The van der Waals surface area contributed by atoms with Crippen molar-refractivity contribution in [1.82, 2.24) is 9.97 Å². The van der Waals surface area contributed by atoms with Crippen LogP contribution in [-0.2, 0) is 6.61 Å². The van der Waals surface area contributed by atoms with Crippen molar-refractivity contribution in [3.05, 3.63) is 83.3 Å². The molecule has 34 heavy (non-hydrogen) atoms.